The minimum absolute atomic E-state index is 0.0120. The Kier molecular flexibility index (Phi) is 6.73. The van der Waals surface area contributed by atoms with Gasteiger partial charge in [0.2, 0.25) is 0 Å². The van der Waals surface area contributed by atoms with Crippen LogP contribution in [0.4, 0.5) is 8.78 Å². The number of rotatable bonds is 6. The van der Waals surface area contributed by atoms with E-state index < -0.39 is 23.5 Å². The van der Waals surface area contributed by atoms with Crippen LogP contribution in [0, 0.1) is 11.6 Å². The molecule has 1 heterocycles. The molecule has 1 amide bonds. The van der Waals surface area contributed by atoms with E-state index in [0.717, 1.165) is 23.6 Å². The maximum absolute atomic E-state index is 13.5. The summed E-state index contributed by atoms with van der Waals surface area (Å²) in [6.45, 7) is -0.0120. The number of benzene rings is 2. The van der Waals surface area contributed by atoms with Crippen molar-refractivity contribution in [3.63, 3.8) is 0 Å². The van der Waals surface area contributed by atoms with E-state index in [1.165, 1.54) is 5.56 Å². The molecule has 2 aromatic rings. The molecule has 1 aliphatic rings. The average Bonchev–Trinajstić information content (AvgIpc) is 3.17. The Labute approximate surface area is 164 Å². The molecule has 0 aromatic heterocycles. The van der Waals surface area contributed by atoms with Gasteiger partial charge in [-0.3, -0.25) is 9.59 Å². The molecule has 0 saturated carbocycles. The van der Waals surface area contributed by atoms with Crippen molar-refractivity contribution in [3.05, 3.63) is 65.2 Å². The fraction of sp³-hybridized carbons (Fsp3) is 0.263. The third-order valence-electron chi connectivity index (χ3n) is 3.80. The van der Waals surface area contributed by atoms with E-state index in [1.54, 1.807) is 12.1 Å². The number of hydrogen-bond donors (Lipinski definition) is 1. The van der Waals surface area contributed by atoms with E-state index in [2.05, 4.69) is 5.32 Å². The Bertz CT molecular complexity index is 824. The summed E-state index contributed by atoms with van der Waals surface area (Å²) in [5, 5.41) is 2.41. The van der Waals surface area contributed by atoms with E-state index in [0.29, 0.717) is 16.4 Å². The fourth-order valence-corrected chi connectivity index (χ4v) is 5.33. The zero-order chi connectivity index (χ0) is 19.2. The largest absolute Gasteiger partial charge is 0.426 e. The Morgan fingerprint density at radius 3 is 2.44 bits per heavy atom. The lowest BCUT2D eigenvalue weighted by Crippen LogP contribution is -2.27. The lowest BCUT2D eigenvalue weighted by Gasteiger charge is -2.10. The highest BCUT2D eigenvalue weighted by Gasteiger charge is 2.18. The van der Waals surface area contributed by atoms with E-state index in [9.17, 15) is 18.4 Å². The topological polar surface area (TPSA) is 55.4 Å². The number of hydrogen-bond acceptors (Lipinski definition) is 5. The molecule has 1 aliphatic heterocycles. The highest BCUT2D eigenvalue weighted by atomic mass is 32.2. The van der Waals surface area contributed by atoms with Crippen molar-refractivity contribution in [1.29, 1.82) is 0 Å². The number of carbonyl (C=O) groups is 2. The predicted octanol–water partition coefficient (Wildman–Crippen LogP) is 4.17. The smallest absolute Gasteiger partial charge is 0.312 e. The molecular weight excluding hydrogens is 392 g/mol. The van der Waals surface area contributed by atoms with E-state index >= 15 is 0 Å². The molecule has 142 valence electrons. The number of amides is 1. The van der Waals surface area contributed by atoms with E-state index in [4.69, 9.17) is 4.74 Å². The number of thioether (sulfide) groups is 2. The second-order valence-electron chi connectivity index (χ2n) is 5.75. The normalized spacial score (nSPS) is 14.1. The van der Waals surface area contributed by atoms with Crippen molar-refractivity contribution in [2.45, 2.75) is 11.0 Å². The summed E-state index contributed by atoms with van der Waals surface area (Å²) in [7, 11) is 0. The first-order valence-corrected chi connectivity index (χ1v) is 10.4. The van der Waals surface area contributed by atoms with Gasteiger partial charge in [-0.1, -0.05) is 12.1 Å². The summed E-state index contributed by atoms with van der Waals surface area (Å²) < 4.78 is 32.0. The molecule has 3 rings (SSSR count). The van der Waals surface area contributed by atoms with E-state index in [-0.39, 0.29) is 18.5 Å². The summed E-state index contributed by atoms with van der Waals surface area (Å²) in [5.41, 5.74) is 0.916. The first-order valence-electron chi connectivity index (χ1n) is 8.30. The second kappa shape index (κ2) is 9.23. The molecule has 1 fully saturated rings. The molecule has 8 heteroatoms. The van der Waals surface area contributed by atoms with Crippen LogP contribution in [0.3, 0.4) is 0 Å². The summed E-state index contributed by atoms with van der Waals surface area (Å²) in [6.07, 6.45) is -0.0648. The van der Waals surface area contributed by atoms with Crippen LogP contribution >= 0.6 is 23.5 Å². The van der Waals surface area contributed by atoms with Crippen molar-refractivity contribution >= 4 is 35.4 Å². The molecular formula is C19H17F2NO3S2. The van der Waals surface area contributed by atoms with Gasteiger partial charge in [0, 0.05) is 24.1 Å². The number of carbonyl (C=O) groups excluding carboxylic acids is 2. The minimum Gasteiger partial charge on any atom is -0.426 e. The standard InChI is InChI=1S/C19H17F2NO3S2/c20-13-3-6-15(16(21)11-13)18(24)22-8-7-17(23)25-14-4-1-12(2-5-14)19-26-9-10-27-19/h1-6,11,19H,7-10H2,(H,22,24). The van der Waals surface area contributed by atoms with Crippen LogP contribution in [0.15, 0.2) is 42.5 Å². The average molecular weight is 409 g/mol. The third kappa shape index (κ3) is 5.46. The van der Waals surface area contributed by atoms with Gasteiger partial charge >= 0.3 is 5.97 Å². The van der Waals surface area contributed by atoms with Gasteiger partial charge in [0.15, 0.2) is 0 Å². The predicted molar refractivity (Wildman–Crippen MR) is 103 cm³/mol. The monoisotopic (exact) mass is 409 g/mol. The highest BCUT2D eigenvalue weighted by molar-refractivity contribution is 8.19. The van der Waals surface area contributed by atoms with Crippen molar-refractivity contribution in [1.82, 2.24) is 5.32 Å². The highest BCUT2D eigenvalue weighted by Crippen LogP contribution is 2.45. The maximum Gasteiger partial charge on any atom is 0.312 e. The quantitative estimate of drug-likeness (QED) is 0.573. The Morgan fingerprint density at radius 2 is 1.78 bits per heavy atom. The minimum atomic E-state index is -0.950. The van der Waals surface area contributed by atoms with Crippen molar-refractivity contribution in [2.24, 2.45) is 0 Å². The zero-order valence-corrected chi connectivity index (χ0v) is 15.9. The summed E-state index contributed by atoms with van der Waals surface area (Å²) in [6, 6.07) is 10.1. The molecule has 0 unspecified atom stereocenters. The molecule has 0 aliphatic carbocycles. The summed E-state index contributed by atoms with van der Waals surface area (Å²) >= 11 is 3.79. The number of nitrogens with one attached hydrogen (secondary N) is 1. The molecule has 0 bridgehead atoms. The van der Waals surface area contributed by atoms with Gasteiger partial charge in [-0.2, -0.15) is 0 Å². The summed E-state index contributed by atoms with van der Waals surface area (Å²) in [5.74, 6) is -0.215. The van der Waals surface area contributed by atoms with Crippen LogP contribution in [-0.4, -0.2) is 29.9 Å². The van der Waals surface area contributed by atoms with Crippen molar-refractivity contribution in [2.75, 3.05) is 18.1 Å². The van der Waals surface area contributed by atoms with Gasteiger partial charge in [0.25, 0.3) is 5.91 Å². The number of esters is 1. The van der Waals surface area contributed by atoms with Crippen molar-refractivity contribution < 1.29 is 23.1 Å². The number of halogens is 2. The Hall–Kier alpha value is -2.06. The van der Waals surface area contributed by atoms with Crippen LogP contribution in [0.2, 0.25) is 0 Å². The zero-order valence-electron chi connectivity index (χ0n) is 14.2. The van der Waals surface area contributed by atoms with Gasteiger partial charge in [-0.25, -0.2) is 8.78 Å². The first-order chi connectivity index (χ1) is 13.0. The molecule has 0 atom stereocenters. The molecule has 0 radical (unpaired) electrons. The van der Waals surface area contributed by atoms with Gasteiger partial charge in [-0.15, -0.1) is 23.5 Å². The van der Waals surface area contributed by atoms with Crippen LogP contribution in [0.1, 0.15) is 26.9 Å². The number of ether oxygens (including phenoxy) is 1. The lowest BCUT2D eigenvalue weighted by molar-refractivity contribution is -0.134. The second-order valence-corrected chi connectivity index (χ2v) is 8.47. The Morgan fingerprint density at radius 1 is 1.07 bits per heavy atom. The molecule has 27 heavy (non-hydrogen) atoms. The molecule has 4 nitrogen and oxygen atoms in total. The van der Waals surface area contributed by atoms with Gasteiger partial charge in [0.05, 0.1) is 16.6 Å². The van der Waals surface area contributed by atoms with Crippen LogP contribution in [-0.2, 0) is 4.79 Å². The molecule has 0 spiro atoms. The molecule has 1 saturated heterocycles. The van der Waals surface area contributed by atoms with Gasteiger partial charge in [0.1, 0.15) is 17.4 Å². The maximum atomic E-state index is 13.5. The van der Waals surface area contributed by atoms with Crippen LogP contribution in [0.25, 0.3) is 0 Å². The Balaban J connectivity index is 1.44. The van der Waals surface area contributed by atoms with Gasteiger partial charge in [-0.05, 0) is 29.8 Å². The SMILES string of the molecule is O=C(CCNC(=O)c1ccc(F)cc1F)Oc1ccc(C2SCCS2)cc1. The van der Waals surface area contributed by atoms with Crippen LogP contribution in [0.5, 0.6) is 5.75 Å². The molecule has 1 N–H and O–H groups in total. The third-order valence-corrected chi connectivity index (χ3v) is 6.90. The lowest BCUT2D eigenvalue weighted by atomic mass is 10.2. The fourth-order valence-electron chi connectivity index (χ4n) is 2.47. The summed E-state index contributed by atoms with van der Waals surface area (Å²) in [4.78, 5) is 23.7. The first kappa shape index (κ1) is 19.7. The van der Waals surface area contributed by atoms with Crippen LogP contribution < -0.4 is 10.1 Å². The van der Waals surface area contributed by atoms with Crippen molar-refractivity contribution in [3.8, 4) is 5.75 Å². The van der Waals surface area contributed by atoms with Gasteiger partial charge < -0.3 is 10.1 Å². The van der Waals surface area contributed by atoms with E-state index in [1.807, 2.05) is 35.7 Å². The molecule has 2 aromatic carbocycles.